The van der Waals surface area contributed by atoms with Crippen molar-refractivity contribution in [1.29, 1.82) is 0 Å². The molecule has 1 heterocycles. The molecule has 0 saturated heterocycles. The van der Waals surface area contributed by atoms with E-state index in [1.165, 1.54) is 24.7 Å². The summed E-state index contributed by atoms with van der Waals surface area (Å²) < 4.78 is 2.28. The fraction of sp³-hybridized carbons (Fsp3) is 0.643. The van der Waals surface area contributed by atoms with Crippen LogP contribution in [-0.4, -0.2) is 15.0 Å². The van der Waals surface area contributed by atoms with E-state index >= 15 is 0 Å². The molecule has 7 heteroatoms. The zero-order valence-corrected chi connectivity index (χ0v) is 13.1. The fourth-order valence-corrected chi connectivity index (χ4v) is 2.18. The van der Waals surface area contributed by atoms with Crippen LogP contribution in [-0.2, 0) is 18.9 Å². The molecule has 1 aromatic heterocycles. The molecular formula is C14H24N4O3. The Morgan fingerprint density at radius 2 is 1.71 bits per heavy atom. The minimum Gasteiger partial charge on any atom is -0.283 e. The van der Waals surface area contributed by atoms with Gasteiger partial charge in [-0.15, -0.1) is 0 Å². The number of amides is 1. The summed E-state index contributed by atoms with van der Waals surface area (Å²) in [4.78, 5) is 35.5. The SMILES string of the molecule is CCCC(CCC)C(=O)NNc1cc(=O)n(C)c(=O)n1C. The Kier molecular flexibility index (Phi) is 6.20. The first-order valence-corrected chi connectivity index (χ1v) is 7.25. The number of nitrogens with one attached hydrogen (secondary N) is 2. The van der Waals surface area contributed by atoms with Crippen LogP contribution < -0.4 is 22.1 Å². The van der Waals surface area contributed by atoms with Crippen molar-refractivity contribution in [2.75, 3.05) is 5.43 Å². The molecule has 0 radical (unpaired) electrons. The Labute approximate surface area is 123 Å². The van der Waals surface area contributed by atoms with E-state index in [9.17, 15) is 14.4 Å². The van der Waals surface area contributed by atoms with E-state index in [-0.39, 0.29) is 17.6 Å². The second-order valence-corrected chi connectivity index (χ2v) is 5.16. The lowest BCUT2D eigenvalue weighted by atomic mass is 9.98. The number of rotatable bonds is 7. The zero-order chi connectivity index (χ0) is 16.0. The van der Waals surface area contributed by atoms with Crippen molar-refractivity contribution >= 4 is 11.7 Å². The molecule has 0 unspecified atom stereocenters. The van der Waals surface area contributed by atoms with Gasteiger partial charge in [-0.1, -0.05) is 26.7 Å². The normalized spacial score (nSPS) is 10.7. The zero-order valence-electron chi connectivity index (χ0n) is 13.1. The number of nitrogens with zero attached hydrogens (tertiary/aromatic N) is 2. The second kappa shape index (κ2) is 7.66. The average Bonchev–Trinajstić information content (AvgIpc) is 2.47. The van der Waals surface area contributed by atoms with Crippen LogP contribution in [0, 0.1) is 5.92 Å². The van der Waals surface area contributed by atoms with Crippen molar-refractivity contribution in [2.24, 2.45) is 20.0 Å². The van der Waals surface area contributed by atoms with Gasteiger partial charge in [0, 0.05) is 26.1 Å². The third kappa shape index (κ3) is 4.21. The topological polar surface area (TPSA) is 85.1 Å². The van der Waals surface area contributed by atoms with Gasteiger partial charge in [-0.2, -0.15) is 0 Å². The van der Waals surface area contributed by atoms with Crippen molar-refractivity contribution in [3.8, 4) is 0 Å². The lowest BCUT2D eigenvalue weighted by Crippen LogP contribution is -2.41. The second-order valence-electron chi connectivity index (χ2n) is 5.16. The van der Waals surface area contributed by atoms with E-state index in [0.29, 0.717) is 0 Å². The summed E-state index contributed by atoms with van der Waals surface area (Å²) >= 11 is 0. The Hall–Kier alpha value is -2.05. The predicted octanol–water partition coefficient (Wildman–Crippen LogP) is 0.744. The first-order valence-electron chi connectivity index (χ1n) is 7.25. The van der Waals surface area contributed by atoms with Crippen LogP contribution in [0.5, 0.6) is 0 Å². The molecule has 1 amide bonds. The molecule has 1 aromatic rings. The highest BCUT2D eigenvalue weighted by molar-refractivity contribution is 5.79. The average molecular weight is 296 g/mol. The molecule has 0 bridgehead atoms. The first-order chi connectivity index (χ1) is 9.92. The summed E-state index contributed by atoms with van der Waals surface area (Å²) in [6, 6.07) is 1.27. The highest BCUT2D eigenvalue weighted by atomic mass is 16.2. The van der Waals surface area contributed by atoms with E-state index in [1.807, 2.05) is 13.8 Å². The van der Waals surface area contributed by atoms with E-state index in [4.69, 9.17) is 0 Å². The van der Waals surface area contributed by atoms with Crippen molar-refractivity contribution in [2.45, 2.75) is 39.5 Å². The van der Waals surface area contributed by atoms with Crippen LogP contribution in [0.3, 0.4) is 0 Å². The summed E-state index contributed by atoms with van der Waals surface area (Å²) in [6.45, 7) is 4.07. The summed E-state index contributed by atoms with van der Waals surface area (Å²) in [7, 11) is 2.94. The molecule has 0 aliphatic rings. The molecule has 0 atom stereocenters. The van der Waals surface area contributed by atoms with Crippen LogP contribution in [0.2, 0.25) is 0 Å². The quantitative estimate of drug-likeness (QED) is 0.727. The Bertz CT molecular complexity index is 597. The number of hydrogen-bond donors (Lipinski definition) is 2. The van der Waals surface area contributed by atoms with Crippen LogP contribution in [0.15, 0.2) is 15.7 Å². The smallest absolute Gasteiger partial charge is 0.283 e. The lowest BCUT2D eigenvalue weighted by molar-refractivity contribution is -0.124. The number of hydrogen-bond acceptors (Lipinski definition) is 4. The van der Waals surface area contributed by atoms with E-state index < -0.39 is 11.2 Å². The first kappa shape index (κ1) is 17.0. The van der Waals surface area contributed by atoms with E-state index in [1.54, 1.807) is 0 Å². The molecule has 0 fully saturated rings. The molecule has 21 heavy (non-hydrogen) atoms. The van der Waals surface area contributed by atoms with Gasteiger partial charge < -0.3 is 0 Å². The predicted molar refractivity (Wildman–Crippen MR) is 82.0 cm³/mol. The molecule has 0 saturated carbocycles. The van der Waals surface area contributed by atoms with Crippen molar-refractivity contribution in [1.82, 2.24) is 14.6 Å². The van der Waals surface area contributed by atoms with Crippen LogP contribution >= 0.6 is 0 Å². The highest BCUT2D eigenvalue weighted by Gasteiger charge is 2.16. The summed E-state index contributed by atoms with van der Waals surface area (Å²) in [5.41, 5.74) is 4.39. The third-order valence-corrected chi connectivity index (χ3v) is 3.48. The maximum Gasteiger partial charge on any atom is 0.332 e. The summed E-state index contributed by atoms with van der Waals surface area (Å²) in [6.07, 6.45) is 3.50. The third-order valence-electron chi connectivity index (χ3n) is 3.48. The highest BCUT2D eigenvalue weighted by Crippen LogP contribution is 2.13. The van der Waals surface area contributed by atoms with Crippen molar-refractivity contribution in [3.63, 3.8) is 0 Å². The Morgan fingerprint density at radius 1 is 1.14 bits per heavy atom. The van der Waals surface area contributed by atoms with Crippen LogP contribution in [0.1, 0.15) is 39.5 Å². The maximum atomic E-state index is 12.1. The van der Waals surface area contributed by atoms with Gasteiger partial charge in [0.15, 0.2) is 0 Å². The molecule has 2 N–H and O–H groups in total. The van der Waals surface area contributed by atoms with Gasteiger partial charge in [0.1, 0.15) is 5.82 Å². The maximum absolute atomic E-state index is 12.1. The summed E-state index contributed by atoms with van der Waals surface area (Å²) in [5, 5.41) is 0. The Morgan fingerprint density at radius 3 is 2.24 bits per heavy atom. The van der Waals surface area contributed by atoms with Gasteiger partial charge in [0.2, 0.25) is 5.91 Å². The molecule has 0 aromatic carbocycles. The standard InChI is InChI=1S/C14H24N4O3/c1-5-7-10(8-6-2)13(20)16-15-11-9-12(19)18(4)14(21)17(11)3/h9-10,15H,5-8H2,1-4H3,(H,16,20). The van der Waals surface area contributed by atoms with Gasteiger partial charge in [-0.3, -0.25) is 29.6 Å². The minimum atomic E-state index is -0.446. The van der Waals surface area contributed by atoms with Crippen LogP contribution in [0.4, 0.5) is 5.82 Å². The van der Waals surface area contributed by atoms with Crippen molar-refractivity contribution < 1.29 is 4.79 Å². The largest absolute Gasteiger partial charge is 0.332 e. The van der Waals surface area contributed by atoms with Gasteiger partial charge >= 0.3 is 5.69 Å². The van der Waals surface area contributed by atoms with E-state index in [0.717, 1.165) is 30.3 Å². The molecule has 118 valence electrons. The number of aromatic nitrogens is 2. The number of carbonyl (C=O) groups excluding carboxylic acids is 1. The lowest BCUT2D eigenvalue weighted by Gasteiger charge is -2.17. The number of carbonyl (C=O) groups is 1. The van der Waals surface area contributed by atoms with Gasteiger partial charge in [0.05, 0.1) is 0 Å². The van der Waals surface area contributed by atoms with Gasteiger partial charge in [-0.25, -0.2) is 4.79 Å². The fourth-order valence-electron chi connectivity index (χ4n) is 2.18. The van der Waals surface area contributed by atoms with Crippen LogP contribution in [0.25, 0.3) is 0 Å². The molecule has 7 nitrogen and oxygen atoms in total. The molecule has 0 aliphatic carbocycles. The summed E-state index contributed by atoms with van der Waals surface area (Å²) in [5.74, 6) is 0.0890. The molecule has 0 aliphatic heterocycles. The number of hydrazine groups is 1. The van der Waals surface area contributed by atoms with E-state index in [2.05, 4.69) is 10.9 Å². The minimum absolute atomic E-state index is 0.0592. The molecule has 0 spiro atoms. The monoisotopic (exact) mass is 296 g/mol. The Balaban J connectivity index is 2.82. The molecular weight excluding hydrogens is 272 g/mol. The molecule has 1 rings (SSSR count). The van der Waals surface area contributed by atoms with Crippen molar-refractivity contribution in [3.05, 3.63) is 26.9 Å². The van der Waals surface area contributed by atoms with Gasteiger partial charge in [0.25, 0.3) is 5.56 Å². The van der Waals surface area contributed by atoms with Gasteiger partial charge in [-0.05, 0) is 12.8 Å². The number of anilines is 1.